The third-order valence-electron chi connectivity index (χ3n) is 13.8. The van der Waals surface area contributed by atoms with Gasteiger partial charge in [-0.25, -0.2) is 0 Å². The quantitative estimate of drug-likeness (QED) is 0.0492. The molecule has 0 radical (unpaired) electrons. The lowest BCUT2D eigenvalue weighted by Gasteiger charge is -2.58. The average Bonchev–Trinajstić information content (AvgIpc) is 3.07. The van der Waals surface area contributed by atoms with Gasteiger partial charge in [0.25, 0.3) is 0 Å². The Morgan fingerprint density at radius 3 is 1.45 bits per heavy atom. The monoisotopic (exact) mass is 752 g/mol. The van der Waals surface area contributed by atoms with Crippen LogP contribution in [0.1, 0.15) is 202 Å². The molecule has 1 heterocycles. The molecule has 0 spiro atoms. The number of piperidine rings is 1. The third kappa shape index (κ3) is 15.5. The van der Waals surface area contributed by atoms with Gasteiger partial charge in [-0.05, 0) is 64.0 Å². The van der Waals surface area contributed by atoms with Crippen LogP contribution in [0.4, 0.5) is 0 Å². The van der Waals surface area contributed by atoms with Crippen LogP contribution in [0.3, 0.4) is 0 Å². The molecule has 5 unspecified atom stereocenters. The molecule has 0 aromatic heterocycles. The van der Waals surface area contributed by atoms with Crippen molar-refractivity contribution < 1.29 is 39.6 Å². The molecule has 9 nitrogen and oxygen atoms in total. The molecule has 53 heavy (non-hydrogen) atoms. The van der Waals surface area contributed by atoms with E-state index in [1.807, 2.05) is 0 Å². The van der Waals surface area contributed by atoms with Gasteiger partial charge in [0.05, 0.1) is 23.7 Å². The van der Waals surface area contributed by atoms with Gasteiger partial charge in [-0.15, -0.1) is 0 Å². The van der Waals surface area contributed by atoms with Gasteiger partial charge in [0, 0.05) is 5.54 Å². The molecule has 0 saturated carbocycles. The van der Waals surface area contributed by atoms with Crippen molar-refractivity contribution in [3.05, 3.63) is 0 Å². The first-order valence-corrected chi connectivity index (χ1v) is 21.6. The molecular formula is C44H81NO8. The molecule has 0 amide bonds. The predicted molar refractivity (Wildman–Crippen MR) is 214 cm³/mol. The second-order valence-electron chi connectivity index (χ2n) is 17.8. The Bertz CT molecular complexity index is 1070. The van der Waals surface area contributed by atoms with Gasteiger partial charge in [-0.1, -0.05) is 163 Å². The van der Waals surface area contributed by atoms with E-state index < -0.39 is 47.5 Å². The molecule has 1 fully saturated rings. The highest BCUT2D eigenvalue weighted by atomic mass is 16.4. The van der Waals surface area contributed by atoms with E-state index in [4.69, 9.17) is 0 Å². The summed E-state index contributed by atoms with van der Waals surface area (Å²) in [5.41, 5.74) is -1.71. The van der Waals surface area contributed by atoms with Crippen molar-refractivity contribution in [2.75, 3.05) is 13.6 Å². The van der Waals surface area contributed by atoms with Crippen molar-refractivity contribution in [3.8, 4) is 0 Å². The summed E-state index contributed by atoms with van der Waals surface area (Å²) in [6.07, 6.45) is 22.4. The van der Waals surface area contributed by atoms with Crippen LogP contribution in [0.25, 0.3) is 0 Å². The number of likely N-dealkylation sites (tertiary alicyclic amines) is 1. The second kappa shape index (κ2) is 25.1. The molecule has 1 rings (SSSR count). The highest BCUT2D eigenvalue weighted by Crippen LogP contribution is 2.52. The minimum atomic E-state index is -1.86. The van der Waals surface area contributed by atoms with E-state index in [1.54, 1.807) is 0 Å². The Hall–Kier alpha value is -2.16. The molecular weight excluding hydrogens is 670 g/mol. The van der Waals surface area contributed by atoms with Crippen LogP contribution in [-0.4, -0.2) is 68.3 Å². The number of nitrogens with zero attached hydrogens (tertiary/aromatic N) is 1. The maximum absolute atomic E-state index is 13.2. The Kier molecular flexibility index (Phi) is 23.1. The summed E-state index contributed by atoms with van der Waals surface area (Å²) in [4.78, 5) is 52.6. The summed E-state index contributed by atoms with van der Waals surface area (Å²) in [5.74, 6) is -8.46. The summed E-state index contributed by atoms with van der Waals surface area (Å²) in [6.45, 7) is 15.0. The zero-order valence-electron chi connectivity index (χ0n) is 35.1. The average molecular weight is 752 g/mol. The zero-order chi connectivity index (χ0) is 40.1. The number of hydrogen-bond acceptors (Lipinski definition) is 5. The maximum atomic E-state index is 13.2. The van der Waals surface area contributed by atoms with Crippen molar-refractivity contribution in [2.45, 2.75) is 208 Å². The normalized spacial score (nSPS) is 19.9. The minimum Gasteiger partial charge on any atom is -0.481 e. The smallest absolute Gasteiger partial charge is 0.310 e. The standard InChI is InChI=1S/C44H81NO8/c1-8-10-12-14-15-16-17-18-19-21-25-30-44(41(52)53,38(40(50)51)35(39(48)49)33-37(46)47)31-26-22-24-28-34(27-23-20-13-11-9-2)36-29-32-45(7)43(5,6)42(36,3)4/h34-36,38H,8-33H2,1-7H3,(H,46,47)(H,48,49)(H,50,51)(H,52,53). The van der Waals surface area contributed by atoms with Crippen molar-refractivity contribution >= 4 is 23.9 Å². The number of unbranched alkanes of at least 4 members (excludes halogenated alkanes) is 16. The van der Waals surface area contributed by atoms with Gasteiger partial charge < -0.3 is 25.3 Å². The van der Waals surface area contributed by atoms with Crippen molar-refractivity contribution in [2.24, 2.45) is 34.5 Å². The Labute approximate surface area is 323 Å². The number of hydrogen-bond donors (Lipinski definition) is 4. The fourth-order valence-electron chi connectivity index (χ4n) is 9.54. The molecule has 1 saturated heterocycles. The van der Waals surface area contributed by atoms with Gasteiger partial charge in [0.1, 0.15) is 0 Å². The van der Waals surface area contributed by atoms with Gasteiger partial charge in [-0.3, -0.25) is 19.2 Å². The lowest BCUT2D eigenvalue weighted by Crippen LogP contribution is -2.60. The first kappa shape index (κ1) is 48.9. The van der Waals surface area contributed by atoms with Crippen LogP contribution < -0.4 is 0 Å². The molecule has 0 aliphatic carbocycles. The Morgan fingerprint density at radius 2 is 1.06 bits per heavy atom. The number of carboxylic acid groups (broad SMARTS) is 4. The Balaban J connectivity index is 3.12. The van der Waals surface area contributed by atoms with E-state index in [9.17, 15) is 39.6 Å². The number of rotatable bonds is 32. The number of carboxylic acids is 4. The molecule has 1 aliphatic rings. The SMILES string of the molecule is CCCCCCCCCCCCCC(CCCCCC(CCCCCCC)C1CCN(C)C(C)(C)C1(C)C)(C(=O)O)C(C(=O)O)C(CC(=O)O)C(=O)O. The van der Waals surface area contributed by atoms with Gasteiger partial charge in [0.15, 0.2) is 0 Å². The van der Waals surface area contributed by atoms with E-state index in [2.05, 4.69) is 53.5 Å². The van der Waals surface area contributed by atoms with Gasteiger partial charge in [0.2, 0.25) is 0 Å². The summed E-state index contributed by atoms with van der Waals surface area (Å²) in [5, 5.41) is 40.7. The first-order valence-electron chi connectivity index (χ1n) is 21.6. The molecule has 5 atom stereocenters. The highest BCUT2D eigenvalue weighted by molar-refractivity contribution is 5.89. The topological polar surface area (TPSA) is 152 Å². The van der Waals surface area contributed by atoms with Crippen LogP contribution in [-0.2, 0) is 19.2 Å². The van der Waals surface area contributed by atoms with E-state index in [-0.39, 0.29) is 23.8 Å². The predicted octanol–water partition coefficient (Wildman–Crippen LogP) is 11.3. The molecule has 4 N–H and O–H groups in total. The van der Waals surface area contributed by atoms with E-state index in [0.717, 1.165) is 57.9 Å². The fourth-order valence-corrected chi connectivity index (χ4v) is 9.54. The second-order valence-corrected chi connectivity index (χ2v) is 17.8. The van der Waals surface area contributed by atoms with E-state index in [0.29, 0.717) is 24.7 Å². The van der Waals surface area contributed by atoms with Crippen LogP contribution in [0.2, 0.25) is 0 Å². The number of carbonyl (C=O) groups is 4. The Morgan fingerprint density at radius 1 is 0.642 bits per heavy atom. The van der Waals surface area contributed by atoms with Crippen LogP contribution in [0.5, 0.6) is 0 Å². The molecule has 9 heteroatoms. The number of aliphatic carboxylic acids is 4. The summed E-state index contributed by atoms with van der Waals surface area (Å²) >= 11 is 0. The fraction of sp³-hybridized carbons (Fsp3) is 0.909. The maximum Gasteiger partial charge on any atom is 0.310 e. The summed E-state index contributed by atoms with van der Waals surface area (Å²) in [7, 11) is 2.22. The van der Waals surface area contributed by atoms with Crippen molar-refractivity contribution in [3.63, 3.8) is 0 Å². The molecule has 310 valence electrons. The zero-order valence-corrected chi connectivity index (χ0v) is 35.1. The summed E-state index contributed by atoms with van der Waals surface area (Å²) in [6, 6.07) is 0. The first-order chi connectivity index (χ1) is 25.0. The molecule has 1 aliphatic heterocycles. The summed E-state index contributed by atoms with van der Waals surface area (Å²) < 4.78 is 0. The van der Waals surface area contributed by atoms with Gasteiger partial charge >= 0.3 is 23.9 Å². The van der Waals surface area contributed by atoms with E-state index >= 15 is 0 Å². The van der Waals surface area contributed by atoms with Crippen LogP contribution >= 0.6 is 0 Å². The molecule has 0 bridgehead atoms. The molecule has 0 aromatic rings. The van der Waals surface area contributed by atoms with E-state index in [1.165, 1.54) is 77.0 Å². The minimum absolute atomic E-state index is 0.0227. The lowest BCUT2D eigenvalue weighted by molar-refractivity contribution is -0.174. The highest BCUT2D eigenvalue weighted by Gasteiger charge is 2.55. The van der Waals surface area contributed by atoms with Gasteiger partial charge in [-0.2, -0.15) is 0 Å². The van der Waals surface area contributed by atoms with Crippen LogP contribution in [0.15, 0.2) is 0 Å². The van der Waals surface area contributed by atoms with Crippen molar-refractivity contribution in [1.29, 1.82) is 0 Å². The molecule has 0 aromatic carbocycles. The van der Waals surface area contributed by atoms with Crippen molar-refractivity contribution in [1.82, 2.24) is 4.90 Å². The van der Waals surface area contributed by atoms with Crippen LogP contribution in [0, 0.1) is 34.5 Å². The third-order valence-corrected chi connectivity index (χ3v) is 13.8. The lowest BCUT2D eigenvalue weighted by atomic mass is 9.57. The largest absolute Gasteiger partial charge is 0.481 e.